The molecule has 6 nitrogen and oxygen atoms in total. The number of nitrogens with zero attached hydrogens (tertiary/aromatic N) is 2. The van der Waals surface area contributed by atoms with E-state index in [2.05, 4.69) is 26.2 Å². The first-order chi connectivity index (χ1) is 9.88. The number of hydrogen-bond acceptors (Lipinski definition) is 4. The van der Waals surface area contributed by atoms with Crippen molar-refractivity contribution >= 4 is 44.8 Å². The summed E-state index contributed by atoms with van der Waals surface area (Å²) in [5, 5.41) is 13.4. The zero-order valence-electron chi connectivity index (χ0n) is 10.8. The first-order valence-corrected chi connectivity index (χ1v) is 6.93. The first-order valence-electron chi connectivity index (χ1n) is 5.76. The molecule has 1 aromatic carbocycles. The number of anilines is 1. The number of hydrogen-bond donors (Lipinski definition) is 1. The van der Waals surface area contributed by atoms with Gasteiger partial charge < -0.3 is 5.32 Å². The Morgan fingerprint density at radius 2 is 2.14 bits per heavy atom. The second kappa shape index (κ2) is 6.19. The minimum absolute atomic E-state index is 0.0544. The van der Waals surface area contributed by atoms with Gasteiger partial charge in [0.15, 0.2) is 0 Å². The van der Waals surface area contributed by atoms with Gasteiger partial charge in [0.05, 0.1) is 16.2 Å². The molecule has 0 bridgehead atoms. The van der Waals surface area contributed by atoms with Crippen LogP contribution in [-0.4, -0.2) is 15.8 Å². The maximum atomic E-state index is 12.2. The average molecular weight is 371 g/mol. The number of nitro benzene ring substituents is 1. The van der Waals surface area contributed by atoms with Crippen molar-refractivity contribution in [3.63, 3.8) is 0 Å². The number of amides is 1. The number of non-ortho nitro benzene ring substituents is 1. The molecule has 0 atom stereocenters. The monoisotopic (exact) mass is 369 g/mol. The van der Waals surface area contributed by atoms with Gasteiger partial charge in [0.2, 0.25) is 0 Å². The normalized spacial score (nSPS) is 10.2. The van der Waals surface area contributed by atoms with Gasteiger partial charge in [-0.15, -0.1) is 0 Å². The molecule has 0 saturated heterocycles. The number of benzene rings is 1. The van der Waals surface area contributed by atoms with Crippen molar-refractivity contribution in [1.29, 1.82) is 0 Å². The maximum Gasteiger partial charge on any atom is 0.271 e. The molecule has 21 heavy (non-hydrogen) atoms. The van der Waals surface area contributed by atoms with Crippen LogP contribution in [0.1, 0.15) is 15.9 Å². The quantitative estimate of drug-likeness (QED) is 0.503. The highest BCUT2D eigenvalue weighted by Crippen LogP contribution is 2.24. The summed E-state index contributed by atoms with van der Waals surface area (Å²) < 4.78 is 0.604. The second-order valence-corrected chi connectivity index (χ2v) is 5.48. The summed E-state index contributed by atoms with van der Waals surface area (Å²) in [6.07, 6.45) is 1.47. The Kier molecular flexibility index (Phi) is 4.54. The Hall–Kier alpha value is -1.99. The van der Waals surface area contributed by atoms with Crippen molar-refractivity contribution in [3.05, 3.63) is 61.3 Å². The Morgan fingerprint density at radius 1 is 1.43 bits per heavy atom. The van der Waals surface area contributed by atoms with E-state index < -0.39 is 10.8 Å². The number of nitro groups is 1. The van der Waals surface area contributed by atoms with Crippen LogP contribution in [0.3, 0.4) is 0 Å². The standard InChI is InChI=1S/C13H9BrClN3O3/c1-7-2-3-9(18(20)21)5-11(7)17-13(19)10-4-8(14)6-16-12(10)15/h2-6H,1H3,(H,17,19). The fourth-order valence-electron chi connectivity index (χ4n) is 1.63. The van der Waals surface area contributed by atoms with Crippen LogP contribution in [-0.2, 0) is 0 Å². The fourth-order valence-corrected chi connectivity index (χ4v) is 2.15. The van der Waals surface area contributed by atoms with Crippen LogP contribution >= 0.6 is 27.5 Å². The summed E-state index contributed by atoms with van der Waals surface area (Å²) in [4.78, 5) is 26.3. The molecule has 0 aliphatic rings. The molecule has 0 spiro atoms. The van der Waals surface area contributed by atoms with E-state index in [1.807, 2.05) is 0 Å². The van der Waals surface area contributed by atoms with Gasteiger partial charge in [-0.1, -0.05) is 17.7 Å². The molecule has 1 amide bonds. The lowest BCUT2D eigenvalue weighted by atomic mass is 10.1. The highest BCUT2D eigenvalue weighted by molar-refractivity contribution is 9.10. The smallest absolute Gasteiger partial charge is 0.271 e. The van der Waals surface area contributed by atoms with E-state index >= 15 is 0 Å². The van der Waals surface area contributed by atoms with Gasteiger partial charge in [-0.25, -0.2) is 4.98 Å². The highest BCUT2D eigenvalue weighted by atomic mass is 79.9. The number of pyridine rings is 1. The van der Waals surface area contributed by atoms with Gasteiger partial charge in [-0.3, -0.25) is 14.9 Å². The van der Waals surface area contributed by atoms with Crippen molar-refractivity contribution in [2.75, 3.05) is 5.32 Å². The molecular formula is C13H9BrClN3O3. The van der Waals surface area contributed by atoms with Crippen molar-refractivity contribution in [2.24, 2.45) is 0 Å². The number of aromatic nitrogens is 1. The lowest BCUT2D eigenvalue weighted by Gasteiger charge is -2.09. The molecule has 0 radical (unpaired) electrons. The van der Waals surface area contributed by atoms with Crippen LogP contribution in [0.15, 0.2) is 34.9 Å². The highest BCUT2D eigenvalue weighted by Gasteiger charge is 2.15. The topological polar surface area (TPSA) is 85.1 Å². The van der Waals surface area contributed by atoms with E-state index in [1.54, 1.807) is 13.0 Å². The number of aryl methyl sites for hydroxylation is 1. The number of halogens is 2. The SMILES string of the molecule is Cc1ccc([N+](=O)[O-])cc1NC(=O)c1cc(Br)cnc1Cl. The second-order valence-electron chi connectivity index (χ2n) is 4.20. The summed E-state index contributed by atoms with van der Waals surface area (Å²) in [6, 6.07) is 5.76. The number of carbonyl (C=O) groups excluding carboxylic acids is 1. The Labute approximate surface area is 133 Å². The lowest BCUT2D eigenvalue weighted by molar-refractivity contribution is -0.384. The molecule has 108 valence electrons. The van der Waals surface area contributed by atoms with E-state index in [4.69, 9.17) is 11.6 Å². The van der Waals surface area contributed by atoms with Gasteiger partial charge >= 0.3 is 0 Å². The number of carbonyl (C=O) groups is 1. The molecule has 2 aromatic rings. The van der Waals surface area contributed by atoms with E-state index in [0.29, 0.717) is 15.7 Å². The maximum absolute atomic E-state index is 12.2. The lowest BCUT2D eigenvalue weighted by Crippen LogP contribution is -2.14. The van der Waals surface area contributed by atoms with Gasteiger partial charge in [-0.05, 0) is 34.5 Å². The molecule has 1 heterocycles. The third-order valence-corrected chi connectivity index (χ3v) is 3.47. The van der Waals surface area contributed by atoms with Crippen molar-refractivity contribution in [2.45, 2.75) is 6.92 Å². The third kappa shape index (κ3) is 3.56. The largest absolute Gasteiger partial charge is 0.321 e. The van der Waals surface area contributed by atoms with E-state index in [1.165, 1.54) is 24.4 Å². The summed E-state index contributed by atoms with van der Waals surface area (Å²) in [5.41, 5.74) is 1.13. The molecule has 0 aliphatic heterocycles. The van der Waals surface area contributed by atoms with E-state index in [9.17, 15) is 14.9 Å². The summed E-state index contributed by atoms with van der Waals surface area (Å²) in [5.74, 6) is -0.489. The minimum atomic E-state index is -0.525. The Bertz CT molecular complexity index is 737. The third-order valence-electron chi connectivity index (χ3n) is 2.73. The van der Waals surface area contributed by atoms with E-state index in [-0.39, 0.29) is 16.4 Å². The van der Waals surface area contributed by atoms with Gasteiger partial charge in [0, 0.05) is 22.8 Å². The van der Waals surface area contributed by atoms with Gasteiger partial charge in [-0.2, -0.15) is 0 Å². The van der Waals surface area contributed by atoms with Gasteiger partial charge in [0.1, 0.15) is 5.15 Å². The molecular weight excluding hydrogens is 362 g/mol. The van der Waals surface area contributed by atoms with Crippen LogP contribution in [0.2, 0.25) is 5.15 Å². The van der Waals surface area contributed by atoms with Crippen LogP contribution < -0.4 is 5.32 Å². The zero-order chi connectivity index (χ0) is 15.6. The predicted molar refractivity (Wildman–Crippen MR) is 82.7 cm³/mol. The minimum Gasteiger partial charge on any atom is -0.321 e. The molecule has 0 aliphatic carbocycles. The molecule has 0 unspecified atom stereocenters. The van der Waals surface area contributed by atoms with Crippen LogP contribution in [0.5, 0.6) is 0 Å². The molecule has 1 N–H and O–H groups in total. The van der Waals surface area contributed by atoms with Gasteiger partial charge in [0.25, 0.3) is 11.6 Å². The fraction of sp³-hybridized carbons (Fsp3) is 0.0769. The summed E-state index contributed by atoms with van der Waals surface area (Å²) in [7, 11) is 0. The molecule has 0 fully saturated rings. The molecule has 2 rings (SSSR count). The number of rotatable bonds is 3. The Morgan fingerprint density at radius 3 is 2.81 bits per heavy atom. The Balaban J connectivity index is 2.33. The van der Waals surface area contributed by atoms with Crippen LogP contribution in [0.25, 0.3) is 0 Å². The summed E-state index contributed by atoms with van der Waals surface area (Å²) >= 11 is 9.08. The van der Waals surface area contributed by atoms with Crippen molar-refractivity contribution in [3.8, 4) is 0 Å². The van der Waals surface area contributed by atoms with Crippen LogP contribution in [0, 0.1) is 17.0 Å². The zero-order valence-corrected chi connectivity index (χ0v) is 13.1. The van der Waals surface area contributed by atoms with E-state index in [0.717, 1.165) is 0 Å². The average Bonchev–Trinajstić information content (AvgIpc) is 2.43. The molecule has 1 aromatic heterocycles. The molecule has 0 saturated carbocycles. The van der Waals surface area contributed by atoms with Crippen LogP contribution in [0.4, 0.5) is 11.4 Å². The van der Waals surface area contributed by atoms with Crippen molar-refractivity contribution < 1.29 is 9.72 Å². The number of nitrogens with one attached hydrogen (secondary N) is 1. The van der Waals surface area contributed by atoms with Crippen molar-refractivity contribution in [1.82, 2.24) is 4.98 Å². The first kappa shape index (κ1) is 15.4. The molecule has 8 heteroatoms. The summed E-state index contributed by atoms with van der Waals surface area (Å²) in [6.45, 7) is 1.74. The predicted octanol–water partition coefficient (Wildman–Crippen LogP) is 3.97.